The van der Waals surface area contributed by atoms with Crippen molar-refractivity contribution in [1.29, 1.82) is 5.41 Å². The summed E-state index contributed by atoms with van der Waals surface area (Å²) in [6.07, 6.45) is -4.57. The Labute approximate surface area is 319 Å². The number of alkyl halides is 3. The zero-order valence-electron chi connectivity index (χ0n) is 28.8. The summed E-state index contributed by atoms with van der Waals surface area (Å²) in [7, 11) is 0. The maximum atomic E-state index is 13.4. The molecule has 0 aliphatic heterocycles. The van der Waals surface area contributed by atoms with E-state index in [1.807, 2.05) is 13.8 Å². The summed E-state index contributed by atoms with van der Waals surface area (Å²) in [6, 6.07) is 15.4. The molecular formula is C34H34Cl2F3N7O9. The summed E-state index contributed by atoms with van der Waals surface area (Å²) < 4.78 is 38.1. The molecular weight excluding hydrogens is 778 g/mol. The number of hydrogen-bond donors (Lipinski definition) is 7. The summed E-state index contributed by atoms with van der Waals surface area (Å²) in [5.74, 6) is -4.64. The van der Waals surface area contributed by atoms with Crippen LogP contribution in [-0.2, 0) is 34.0 Å². The van der Waals surface area contributed by atoms with Gasteiger partial charge in [-0.25, -0.2) is 19.4 Å². The Morgan fingerprint density at radius 3 is 2.15 bits per heavy atom. The third kappa shape index (κ3) is 13.3. The zero-order valence-corrected chi connectivity index (χ0v) is 30.3. The number of carboxylic acids is 2. The number of nitrogens with zero attached hydrogens (tertiary/aromatic N) is 2. The van der Waals surface area contributed by atoms with Crippen LogP contribution in [0.4, 0.5) is 29.5 Å². The number of alkyl carbamates (subject to hydrolysis) is 1. The molecule has 0 fully saturated rings. The van der Waals surface area contributed by atoms with Gasteiger partial charge in [0.1, 0.15) is 19.0 Å². The molecule has 1 aromatic heterocycles. The third-order valence-electron chi connectivity index (χ3n) is 6.89. The molecule has 0 aliphatic rings. The second-order valence-electron chi connectivity index (χ2n) is 11.4. The Morgan fingerprint density at radius 1 is 1.00 bits per heavy atom. The number of nitrogen functional groups attached to an aromatic ring is 1. The van der Waals surface area contributed by atoms with Gasteiger partial charge in [0.05, 0.1) is 17.5 Å². The summed E-state index contributed by atoms with van der Waals surface area (Å²) >= 11 is 12.2. The summed E-state index contributed by atoms with van der Waals surface area (Å²) in [6.45, 7) is 3.18. The Kier molecular flexibility index (Phi) is 16.2. The number of rotatable bonds is 11. The number of amidine groups is 1. The molecule has 0 atom stereocenters. The van der Waals surface area contributed by atoms with Crippen LogP contribution in [-0.4, -0.2) is 67.2 Å². The van der Waals surface area contributed by atoms with E-state index in [4.69, 9.17) is 49.0 Å². The van der Waals surface area contributed by atoms with Crippen LogP contribution in [0, 0.1) is 5.41 Å². The number of nitrogens with one attached hydrogen (secondary N) is 4. The summed E-state index contributed by atoms with van der Waals surface area (Å²) in [5, 5.41) is 33.5. The van der Waals surface area contributed by atoms with Gasteiger partial charge in [0.2, 0.25) is 5.91 Å². The van der Waals surface area contributed by atoms with Crippen molar-refractivity contribution < 1.29 is 52.8 Å². The van der Waals surface area contributed by atoms with E-state index in [0.717, 1.165) is 0 Å². The van der Waals surface area contributed by atoms with Crippen molar-refractivity contribution >= 4 is 64.5 Å². The molecule has 1 heterocycles. The maximum absolute atomic E-state index is 13.4. The van der Waals surface area contributed by atoms with Crippen molar-refractivity contribution in [3.8, 4) is 11.3 Å². The lowest BCUT2D eigenvalue weighted by Crippen LogP contribution is -2.35. The van der Waals surface area contributed by atoms with Crippen molar-refractivity contribution in [1.82, 2.24) is 20.2 Å². The van der Waals surface area contributed by atoms with Gasteiger partial charge in [-0.05, 0) is 49.7 Å². The number of amides is 2. The number of ether oxygens (including phenoxy) is 1. The van der Waals surface area contributed by atoms with Crippen LogP contribution >= 0.6 is 23.2 Å². The van der Waals surface area contributed by atoms with E-state index < -0.39 is 42.2 Å². The number of nitrogens with two attached hydrogens (primary N) is 1. The number of anilines is 2. The predicted molar refractivity (Wildman–Crippen MR) is 196 cm³/mol. The monoisotopic (exact) mass is 811 g/mol. The van der Waals surface area contributed by atoms with Gasteiger partial charge in [-0.15, -0.1) is 0 Å². The van der Waals surface area contributed by atoms with Crippen LogP contribution in [0.3, 0.4) is 0 Å². The molecule has 4 aromatic rings. The molecule has 55 heavy (non-hydrogen) atoms. The smallest absolute Gasteiger partial charge is 0.478 e. The number of carbonyl (C=O) groups is 4. The van der Waals surface area contributed by atoms with Crippen LogP contribution in [0.25, 0.3) is 11.3 Å². The van der Waals surface area contributed by atoms with Crippen LogP contribution in [0.2, 0.25) is 10.0 Å². The zero-order chi connectivity index (χ0) is 40.3. The topological polar surface area (TPSA) is 270 Å². The minimum absolute atomic E-state index is 0. The highest BCUT2D eigenvalue weighted by Crippen LogP contribution is 2.25. The minimum Gasteiger partial charge on any atom is -0.478 e. The average molecular weight is 813 g/mol. The van der Waals surface area contributed by atoms with E-state index in [9.17, 15) is 37.5 Å². The molecule has 0 saturated heterocycles. The second-order valence-corrected chi connectivity index (χ2v) is 12.2. The van der Waals surface area contributed by atoms with E-state index in [1.165, 1.54) is 29.0 Å². The normalized spacial score (nSPS) is 10.6. The predicted octanol–water partition coefficient (Wildman–Crippen LogP) is 4.69. The first-order valence-electron chi connectivity index (χ1n) is 15.4. The Hall–Kier alpha value is -6.18. The molecule has 16 nitrogen and oxygen atoms in total. The number of aromatic nitrogens is 2. The van der Waals surface area contributed by atoms with Crippen LogP contribution in [0.1, 0.15) is 40.9 Å². The van der Waals surface area contributed by atoms with Crippen molar-refractivity contribution in [3.05, 3.63) is 110 Å². The SMILES string of the molecule is CC(C)Nc1ncc(-c2cc(N)cc(C(=O)O)c2)n(CC(=O)NCc2ccc(C(=N)NC(=O)OCc3c(Cl)cccc3Cl)cc2)c1=O.O.O=C(O)C(F)(F)F. The first-order chi connectivity index (χ1) is 25.3. The molecule has 294 valence electrons. The molecule has 0 bridgehead atoms. The van der Waals surface area contributed by atoms with Gasteiger partial charge < -0.3 is 36.8 Å². The van der Waals surface area contributed by atoms with E-state index >= 15 is 0 Å². The number of aliphatic carboxylic acids is 1. The van der Waals surface area contributed by atoms with Gasteiger partial charge in [0, 0.05) is 45.0 Å². The van der Waals surface area contributed by atoms with Crippen LogP contribution in [0.5, 0.6) is 0 Å². The highest BCUT2D eigenvalue weighted by atomic mass is 35.5. The van der Waals surface area contributed by atoms with Gasteiger partial charge in [0.25, 0.3) is 5.56 Å². The number of benzene rings is 3. The van der Waals surface area contributed by atoms with Crippen molar-refractivity contribution in [2.45, 2.75) is 45.8 Å². The number of aromatic carboxylic acids is 1. The maximum Gasteiger partial charge on any atom is 0.490 e. The third-order valence-corrected chi connectivity index (χ3v) is 7.60. The highest BCUT2D eigenvalue weighted by molar-refractivity contribution is 6.36. The van der Waals surface area contributed by atoms with Gasteiger partial charge in [-0.3, -0.25) is 24.9 Å². The number of carbonyl (C=O) groups excluding carboxylic acids is 2. The fourth-order valence-electron chi connectivity index (χ4n) is 4.38. The van der Waals surface area contributed by atoms with Crippen molar-refractivity contribution in [2.24, 2.45) is 0 Å². The Bertz CT molecular complexity index is 2090. The molecule has 0 saturated carbocycles. The molecule has 0 spiro atoms. The fraction of sp³-hybridized carbons (Fsp3) is 0.206. The second kappa shape index (κ2) is 19.8. The molecule has 21 heteroatoms. The number of carboxylic acid groups (broad SMARTS) is 2. The average Bonchev–Trinajstić information content (AvgIpc) is 3.08. The quantitative estimate of drug-likeness (QED) is 0.0620. The molecule has 2 amide bonds. The van der Waals surface area contributed by atoms with E-state index in [1.54, 1.807) is 42.5 Å². The van der Waals surface area contributed by atoms with Gasteiger partial charge in [-0.1, -0.05) is 53.5 Å². The first-order valence-corrected chi connectivity index (χ1v) is 16.1. The van der Waals surface area contributed by atoms with E-state index in [2.05, 4.69) is 20.9 Å². The van der Waals surface area contributed by atoms with E-state index in [0.29, 0.717) is 32.3 Å². The summed E-state index contributed by atoms with van der Waals surface area (Å²) in [5.41, 5.74) is 7.44. The summed E-state index contributed by atoms with van der Waals surface area (Å²) in [4.78, 5) is 63.4. The van der Waals surface area contributed by atoms with Gasteiger partial charge >= 0.3 is 24.2 Å². The molecule has 0 unspecified atom stereocenters. The lowest BCUT2D eigenvalue weighted by Gasteiger charge is -2.17. The minimum atomic E-state index is -5.08. The van der Waals surface area contributed by atoms with Crippen molar-refractivity contribution in [2.75, 3.05) is 11.1 Å². The standard InChI is InChI=1S/C32H31Cl2N7O6.C2HF3O2.H2O/c1-17(2)39-29-30(43)41(26(14-38-29)20-10-21(31(44)45)12-22(35)11-20)15-27(42)37-13-18-6-8-19(9-7-18)28(36)40-32(46)47-16-23-24(33)4-3-5-25(23)34;3-2(4,5)1(6)7;/h3-12,14,17H,13,15-16,35H2,1-2H3,(H,37,42)(H,38,39)(H,44,45)(H2,36,40,46);(H,6,7);1H2. The van der Waals surface area contributed by atoms with Crippen LogP contribution in [0.15, 0.2) is 71.7 Å². The van der Waals surface area contributed by atoms with Gasteiger partial charge in [0.15, 0.2) is 5.82 Å². The van der Waals surface area contributed by atoms with Crippen LogP contribution < -0.4 is 27.2 Å². The fourth-order valence-corrected chi connectivity index (χ4v) is 4.88. The number of halogens is 5. The molecule has 3 aromatic carbocycles. The largest absolute Gasteiger partial charge is 0.490 e. The Morgan fingerprint density at radius 2 is 1.60 bits per heavy atom. The molecule has 0 radical (unpaired) electrons. The first kappa shape index (κ1) is 45.0. The van der Waals surface area contributed by atoms with Gasteiger partial charge in [-0.2, -0.15) is 13.2 Å². The van der Waals surface area contributed by atoms with E-state index in [-0.39, 0.29) is 53.3 Å². The molecule has 0 aliphatic carbocycles. The van der Waals surface area contributed by atoms with Crippen molar-refractivity contribution in [3.63, 3.8) is 0 Å². The highest BCUT2D eigenvalue weighted by Gasteiger charge is 2.38. The lowest BCUT2D eigenvalue weighted by molar-refractivity contribution is -0.192. The number of hydrogen-bond acceptors (Lipinski definition) is 10. The molecule has 4 rings (SSSR count). The molecule has 10 N–H and O–H groups in total. The lowest BCUT2D eigenvalue weighted by atomic mass is 10.1. The Balaban J connectivity index is 0.00000119.